The number of thioether (sulfide) groups is 2. The van der Waals surface area contributed by atoms with Crippen LogP contribution in [0.2, 0.25) is 0 Å². The summed E-state index contributed by atoms with van der Waals surface area (Å²) >= 11 is 4.57. The lowest BCUT2D eigenvalue weighted by atomic mass is 10.0. The second-order valence-corrected chi connectivity index (χ2v) is 9.06. The number of hydrogen-bond donors (Lipinski definition) is 0. The lowest BCUT2D eigenvalue weighted by Crippen LogP contribution is -2.10. The molecule has 0 aliphatic rings. The molecule has 128 valence electrons. The molecule has 1 aromatic heterocycles. The number of carbonyl (C=O) groups is 1. The Labute approximate surface area is 160 Å². The van der Waals surface area contributed by atoms with Gasteiger partial charge >= 0.3 is 0 Å². The Hall–Kier alpha value is -1.63. The van der Waals surface area contributed by atoms with Crippen molar-refractivity contribution in [2.45, 2.75) is 27.8 Å². The minimum Gasteiger partial charge on any atom is -0.293 e. The highest BCUT2D eigenvalue weighted by Gasteiger charge is 2.25. The van der Waals surface area contributed by atoms with Gasteiger partial charge in [-0.2, -0.15) is 0 Å². The molecule has 3 aromatic rings. The molecule has 0 fully saturated rings. The third kappa shape index (κ3) is 4.51. The molecule has 1 heterocycles. The van der Waals surface area contributed by atoms with Gasteiger partial charge in [-0.1, -0.05) is 94.5 Å². The number of ketones is 1. The van der Waals surface area contributed by atoms with Crippen LogP contribution in [0.5, 0.6) is 0 Å². The predicted molar refractivity (Wildman–Crippen MR) is 107 cm³/mol. The zero-order valence-electron chi connectivity index (χ0n) is 14.2. The zero-order chi connectivity index (χ0) is 17.8. The molecular weight excluding hydrogens is 368 g/mol. The summed E-state index contributed by atoms with van der Waals surface area (Å²) in [6.07, 6.45) is 1.98. The molecule has 3 nitrogen and oxygen atoms in total. The number of carbonyl (C=O) groups excluding carboxylic acids is 1. The largest absolute Gasteiger partial charge is 0.293 e. The smallest absolute Gasteiger partial charge is 0.180 e. The van der Waals surface area contributed by atoms with E-state index in [9.17, 15) is 4.79 Å². The van der Waals surface area contributed by atoms with Gasteiger partial charge in [0.1, 0.15) is 0 Å². The number of aryl methyl sites for hydroxylation is 2. The van der Waals surface area contributed by atoms with E-state index in [1.54, 1.807) is 11.8 Å². The van der Waals surface area contributed by atoms with E-state index in [4.69, 9.17) is 0 Å². The molecule has 2 aromatic carbocycles. The second-order valence-electron chi connectivity index (χ2n) is 5.68. The van der Waals surface area contributed by atoms with Gasteiger partial charge in [0.2, 0.25) is 0 Å². The number of rotatable bonds is 6. The van der Waals surface area contributed by atoms with Crippen LogP contribution in [0.25, 0.3) is 0 Å². The molecule has 0 spiro atoms. The molecule has 0 aliphatic heterocycles. The van der Waals surface area contributed by atoms with Crippen LogP contribution in [0.3, 0.4) is 0 Å². The zero-order valence-corrected chi connectivity index (χ0v) is 16.7. The van der Waals surface area contributed by atoms with Gasteiger partial charge in [0, 0.05) is 5.56 Å². The topological polar surface area (TPSA) is 42.9 Å². The van der Waals surface area contributed by atoms with E-state index in [1.165, 1.54) is 28.7 Å². The number of benzene rings is 2. The first-order valence-corrected chi connectivity index (χ1v) is 10.7. The normalized spacial score (nSPS) is 12.1. The molecule has 0 saturated heterocycles. The molecule has 1 unspecified atom stereocenters. The minimum absolute atomic E-state index is 0.0924. The van der Waals surface area contributed by atoms with Crippen LogP contribution in [0.1, 0.15) is 32.3 Å². The second kappa shape index (κ2) is 8.17. The Morgan fingerprint density at radius 1 is 0.920 bits per heavy atom. The standard InChI is InChI=1S/C19H18N2OS3/c1-12-4-8-14(9-5-12)16(22)17(15-10-6-13(2)7-11-15)24-19-21-20-18(23-3)25-19/h4-11,17H,1-3H3. The van der Waals surface area contributed by atoms with E-state index in [0.29, 0.717) is 0 Å². The maximum absolute atomic E-state index is 13.2. The van der Waals surface area contributed by atoms with Gasteiger partial charge in [-0.05, 0) is 25.7 Å². The Bertz CT molecular complexity index is 857. The highest BCUT2D eigenvalue weighted by Crippen LogP contribution is 2.40. The van der Waals surface area contributed by atoms with E-state index >= 15 is 0 Å². The first kappa shape index (κ1) is 18.2. The third-order valence-electron chi connectivity index (χ3n) is 3.74. The molecule has 1 atom stereocenters. The van der Waals surface area contributed by atoms with Crippen molar-refractivity contribution in [3.63, 3.8) is 0 Å². The van der Waals surface area contributed by atoms with Gasteiger partial charge in [-0.3, -0.25) is 4.79 Å². The third-order valence-corrected chi connectivity index (χ3v) is 6.97. The average Bonchev–Trinajstić information content (AvgIpc) is 3.08. The van der Waals surface area contributed by atoms with Crippen molar-refractivity contribution in [1.82, 2.24) is 10.2 Å². The summed E-state index contributed by atoms with van der Waals surface area (Å²) in [4.78, 5) is 13.2. The van der Waals surface area contributed by atoms with Gasteiger partial charge < -0.3 is 0 Å². The molecule has 0 amide bonds. The Kier molecular flexibility index (Phi) is 5.93. The number of Topliss-reactive ketones (excluding diaryl/α,β-unsaturated/α-hetero) is 1. The number of aromatic nitrogens is 2. The summed E-state index contributed by atoms with van der Waals surface area (Å²) in [7, 11) is 0. The van der Waals surface area contributed by atoms with E-state index in [-0.39, 0.29) is 11.0 Å². The highest BCUT2D eigenvalue weighted by atomic mass is 32.2. The number of nitrogens with zero attached hydrogens (tertiary/aromatic N) is 2. The molecule has 0 aliphatic carbocycles. The highest BCUT2D eigenvalue weighted by molar-refractivity contribution is 8.03. The summed E-state index contributed by atoms with van der Waals surface area (Å²) in [5, 5.41) is 8.03. The van der Waals surface area contributed by atoms with Gasteiger partial charge in [0.25, 0.3) is 0 Å². The minimum atomic E-state index is -0.328. The Morgan fingerprint density at radius 3 is 2.04 bits per heavy atom. The fourth-order valence-electron chi connectivity index (χ4n) is 2.31. The van der Waals surface area contributed by atoms with Gasteiger partial charge in [0.15, 0.2) is 14.5 Å². The van der Waals surface area contributed by atoms with E-state index in [1.807, 2.05) is 68.6 Å². The lowest BCUT2D eigenvalue weighted by molar-refractivity contribution is 0.0989. The van der Waals surface area contributed by atoms with Crippen LogP contribution in [0.4, 0.5) is 0 Å². The lowest BCUT2D eigenvalue weighted by Gasteiger charge is -2.15. The van der Waals surface area contributed by atoms with Crippen molar-refractivity contribution in [1.29, 1.82) is 0 Å². The van der Waals surface area contributed by atoms with E-state index < -0.39 is 0 Å². The average molecular weight is 387 g/mol. The summed E-state index contributed by atoms with van der Waals surface area (Å²) in [6.45, 7) is 4.06. The van der Waals surface area contributed by atoms with Crippen molar-refractivity contribution in [3.8, 4) is 0 Å². The van der Waals surface area contributed by atoms with E-state index in [2.05, 4.69) is 10.2 Å². The summed E-state index contributed by atoms with van der Waals surface area (Å²) in [5.74, 6) is 0.0924. The summed E-state index contributed by atoms with van der Waals surface area (Å²) in [6, 6.07) is 15.9. The van der Waals surface area contributed by atoms with Crippen molar-refractivity contribution < 1.29 is 4.79 Å². The van der Waals surface area contributed by atoms with Gasteiger partial charge in [0.05, 0.1) is 5.25 Å². The van der Waals surface area contributed by atoms with Crippen LogP contribution in [-0.2, 0) is 0 Å². The maximum atomic E-state index is 13.2. The summed E-state index contributed by atoms with van der Waals surface area (Å²) < 4.78 is 1.73. The van der Waals surface area contributed by atoms with Gasteiger partial charge in [-0.15, -0.1) is 10.2 Å². The molecule has 0 N–H and O–H groups in total. The van der Waals surface area contributed by atoms with Crippen LogP contribution >= 0.6 is 34.9 Å². The van der Waals surface area contributed by atoms with Crippen molar-refractivity contribution in [3.05, 3.63) is 70.8 Å². The quantitative estimate of drug-likeness (QED) is 0.408. The monoisotopic (exact) mass is 386 g/mol. The molecule has 0 saturated carbocycles. The summed E-state index contributed by atoms with van der Waals surface area (Å²) in [5.41, 5.74) is 4.03. The van der Waals surface area contributed by atoms with Crippen LogP contribution in [0.15, 0.2) is 57.2 Å². The molecule has 6 heteroatoms. The van der Waals surface area contributed by atoms with Crippen LogP contribution in [-0.4, -0.2) is 22.2 Å². The van der Waals surface area contributed by atoms with Gasteiger partial charge in [-0.25, -0.2) is 0 Å². The fraction of sp³-hybridized carbons (Fsp3) is 0.211. The number of hydrogen-bond acceptors (Lipinski definition) is 6. The first-order chi connectivity index (χ1) is 12.1. The Morgan fingerprint density at radius 2 is 1.48 bits per heavy atom. The molecule has 0 radical (unpaired) electrons. The molecular formula is C19H18N2OS3. The van der Waals surface area contributed by atoms with Crippen LogP contribution < -0.4 is 0 Å². The fourth-order valence-corrected chi connectivity index (χ4v) is 5.02. The maximum Gasteiger partial charge on any atom is 0.180 e. The van der Waals surface area contributed by atoms with Crippen molar-refractivity contribution in [2.24, 2.45) is 0 Å². The molecule has 3 rings (SSSR count). The van der Waals surface area contributed by atoms with Crippen molar-refractivity contribution >= 4 is 40.6 Å². The van der Waals surface area contributed by atoms with E-state index in [0.717, 1.165) is 25.4 Å². The van der Waals surface area contributed by atoms with Crippen molar-refractivity contribution in [2.75, 3.05) is 6.26 Å². The SMILES string of the molecule is CSc1nnc(SC(C(=O)c2ccc(C)cc2)c2ccc(C)cc2)s1. The molecule has 25 heavy (non-hydrogen) atoms. The first-order valence-electron chi connectivity index (χ1n) is 7.78. The van der Waals surface area contributed by atoms with Crippen LogP contribution in [0, 0.1) is 13.8 Å². The molecule has 0 bridgehead atoms. The Balaban J connectivity index is 1.94. The predicted octanol–water partition coefficient (Wildman–Crippen LogP) is 5.59.